The fraction of sp³-hybridized carbons (Fsp3) is 0.375. The van der Waals surface area contributed by atoms with E-state index in [0.29, 0.717) is 0 Å². The molecular weight excluding hydrogens is 206 g/mol. The van der Waals surface area contributed by atoms with Crippen LogP contribution in [0.4, 0.5) is 0 Å². The van der Waals surface area contributed by atoms with E-state index in [0.717, 1.165) is 25.3 Å². The van der Waals surface area contributed by atoms with E-state index in [1.54, 1.807) is 0 Å². The zero-order valence-corrected chi connectivity index (χ0v) is 10.5. The second-order valence-electron chi connectivity index (χ2n) is 4.86. The van der Waals surface area contributed by atoms with Crippen LogP contribution in [0, 0.1) is 5.92 Å². The summed E-state index contributed by atoms with van der Waals surface area (Å²) in [6.07, 6.45) is 3.51. The van der Waals surface area contributed by atoms with Gasteiger partial charge in [0.15, 0.2) is 0 Å². The van der Waals surface area contributed by atoms with Gasteiger partial charge in [-0.05, 0) is 48.1 Å². The topological polar surface area (TPSA) is 26.0 Å². The van der Waals surface area contributed by atoms with Crippen molar-refractivity contribution >= 4 is 10.8 Å². The highest BCUT2D eigenvalue weighted by molar-refractivity contribution is 5.85. The van der Waals surface area contributed by atoms with Crippen LogP contribution in [0.25, 0.3) is 10.8 Å². The van der Waals surface area contributed by atoms with Crippen LogP contribution in [-0.4, -0.2) is 6.54 Å². The summed E-state index contributed by atoms with van der Waals surface area (Å²) in [5.74, 6) is 0.721. The van der Waals surface area contributed by atoms with Gasteiger partial charge in [0.05, 0.1) is 0 Å². The van der Waals surface area contributed by atoms with Gasteiger partial charge in [0.25, 0.3) is 0 Å². The van der Waals surface area contributed by atoms with Gasteiger partial charge in [-0.25, -0.2) is 0 Å². The Kier molecular flexibility index (Phi) is 4.16. The van der Waals surface area contributed by atoms with E-state index in [2.05, 4.69) is 49.4 Å². The van der Waals surface area contributed by atoms with E-state index in [4.69, 9.17) is 5.73 Å². The second kappa shape index (κ2) is 5.83. The maximum absolute atomic E-state index is 5.59. The number of hydrogen-bond donors (Lipinski definition) is 1. The van der Waals surface area contributed by atoms with Crippen molar-refractivity contribution in [2.45, 2.75) is 26.2 Å². The van der Waals surface area contributed by atoms with Crippen molar-refractivity contribution in [1.82, 2.24) is 0 Å². The molecule has 0 spiro atoms. The minimum absolute atomic E-state index is 0.721. The number of nitrogens with two attached hydrogens (primary N) is 1. The molecule has 2 aromatic carbocycles. The van der Waals surface area contributed by atoms with Gasteiger partial charge < -0.3 is 5.73 Å². The van der Waals surface area contributed by atoms with Crippen LogP contribution in [0.1, 0.15) is 25.3 Å². The minimum Gasteiger partial charge on any atom is -0.330 e. The van der Waals surface area contributed by atoms with Crippen LogP contribution < -0.4 is 5.73 Å². The zero-order valence-electron chi connectivity index (χ0n) is 10.5. The fourth-order valence-corrected chi connectivity index (χ4v) is 2.34. The number of aryl methyl sites for hydroxylation is 1. The lowest BCUT2D eigenvalue weighted by molar-refractivity contribution is 0.500. The second-order valence-corrected chi connectivity index (χ2v) is 4.86. The summed E-state index contributed by atoms with van der Waals surface area (Å²) in [5, 5.41) is 2.74. The number of fused-ring (bicyclic) bond motifs is 1. The monoisotopic (exact) mass is 227 g/mol. The van der Waals surface area contributed by atoms with Crippen LogP contribution >= 0.6 is 0 Å². The summed E-state index contributed by atoms with van der Waals surface area (Å²) in [4.78, 5) is 0. The van der Waals surface area contributed by atoms with Crippen molar-refractivity contribution < 1.29 is 0 Å². The van der Waals surface area contributed by atoms with Crippen LogP contribution in [-0.2, 0) is 6.42 Å². The van der Waals surface area contributed by atoms with Gasteiger partial charge in [0.1, 0.15) is 0 Å². The highest BCUT2D eigenvalue weighted by Gasteiger charge is 2.04. The highest BCUT2D eigenvalue weighted by Crippen LogP contribution is 2.21. The lowest BCUT2D eigenvalue weighted by Gasteiger charge is -2.11. The molecule has 0 aliphatic heterocycles. The Morgan fingerprint density at radius 2 is 1.76 bits per heavy atom. The van der Waals surface area contributed by atoms with Crippen LogP contribution in [0.3, 0.4) is 0 Å². The molecule has 0 heterocycles. The molecule has 1 heteroatoms. The van der Waals surface area contributed by atoms with E-state index in [-0.39, 0.29) is 0 Å². The quantitative estimate of drug-likeness (QED) is 0.827. The van der Waals surface area contributed by atoms with E-state index >= 15 is 0 Å². The Morgan fingerprint density at radius 1 is 1.00 bits per heavy atom. The maximum Gasteiger partial charge on any atom is -0.00747 e. The van der Waals surface area contributed by atoms with Crippen molar-refractivity contribution in [2.24, 2.45) is 11.7 Å². The lowest BCUT2D eigenvalue weighted by Crippen LogP contribution is -2.06. The number of hydrogen-bond acceptors (Lipinski definition) is 1. The summed E-state index contributed by atoms with van der Waals surface area (Å²) in [5.41, 5.74) is 7.05. The summed E-state index contributed by atoms with van der Waals surface area (Å²) in [6, 6.07) is 15.2. The van der Waals surface area contributed by atoms with Crippen molar-refractivity contribution in [3.05, 3.63) is 48.0 Å². The Labute approximate surface area is 104 Å². The van der Waals surface area contributed by atoms with Gasteiger partial charge in [-0.1, -0.05) is 49.4 Å². The molecule has 0 fully saturated rings. The average molecular weight is 227 g/mol. The smallest absolute Gasteiger partial charge is 0.00747 e. The first-order valence-electron chi connectivity index (χ1n) is 6.48. The molecule has 1 unspecified atom stereocenters. The van der Waals surface area contributed by atoms with Crippen molar-refractivity contribution in [2.75, 3.05) is 6.54 Å². The van der Waals surface area contributed by atoms with Crippen LogP contribution in [0.15, 0.2) is 42.5 Å². The standard InChI is InChI=1S/C16H21N/c1-13(11-12-17)9-10-15-7-4-6-14-5-2-3-8-16(14)15/h2-8,13H,9-12,17H2,1H3. The molecule has 0 saturated heterocycles. The van der Waals surface area contributed by atoms with E-state index in [1.165, 1.54) is 22.8 Å². The molecule has 1 nitrogen and oxygen atoms in total. The molecule has 0 aromatic heterocycles. The summed E-state index contributed by atoms with van der Waals surface area (Å²) < 4.78 is 0. The fourth-order valence-electron chi connectivity index (χ4n) is 2.34. The molecule has 90 valence electrons. The van der Waals surface area contributed by atoms with E-state index in [9.17, 15) is 0 Å². The van der Waals surface area contributed by atoms with Gasteiger partial charge in [-0.15, -0.1) is 0 Å². The first kappa shape index (κ1) is 12.1. The Morgan fingerprint density at radius 3 is 2.59 bits per heavy atom. The SMILES string of the molecule is CC(CCN)CCc1cccc2ccccc12. The van der Waals surface area contributed by atoms with Crippen LogP contribution in [0.2, 0.25) is 0 Å². The maximum atomic E-state index is 5.59. The molecule has 0 radical (unpaired) electrons. The van der Waals surface area contributed by atoms with Gasteiger partial charge in [0.2, 0.25) is 0 Å². The summed E-state index contributed by atoms with van der Waals surface area (Å²) in [7, 11) is 0. The molecule has 1 atom stereocenters. The first-order valence-corrected chi connectivity index (χ1v) is 6.48. The Hall–Kier alpha value is -1.34. The van der Waals surface area contributed by atoms with Crippen LogP contribution in [0.5, 0.6) is 0 Å². The van der Waals surface area contributed by atoms with E-state index in [1.807, 2.05) is 0 Å². The van der Waals surface area contributed by atoms with Gasteiger partial charge in [0, 0.05) is 0 Å². The molecule has 17 heavy (non-hydrogen) atoms. The summed E-state index contributed by atoms with van der Waals surface area (Å²) in [6.45, 7) is 3.09. The molecule has 0 amide bonds. The zero-order chi connectivity index (χ0) is 12.1. The largest absolute Gasteiger partial charge is 0.330 e. The van der Waals surface area contributed by atoms with Gasteiger partial charge >= 0.3 is 0 Å². The third kappa shape index (κ3) is 3.07. The predicted molar refractivity (Wildman–Crippen MR) is 75.1 cm³/mol. The lowest BCUT2D eigenvalue weighted by atomic mass is 9.95. The van der Waals surface area contributed by atoms with E-state index < -0.39 is 0 Å². The molecule has 0 bridgehead atoms. The third-order valence-electron chi connectivity index (χ3n) is 3.45. The third-order valence-corrected chi connectivity index (χ3v) is 3.45. The summed E-state index contributed by atoms with van der Waals surface area (Å²) >= 11 is 0. The normalized spacial score (nSPS) is 12.8. The average Bonchev–Trinajstić information content (AvgIpc) is 2.36. The van der Waals surface area contributed by atoms with Crippen molar-refractivity contribution in [1.29, 1.82) is 0 Å². The molecule has 0 aliphatic carbocycles. The van der Waals surface area contributed by atoms with Crippen molar-refractivity contribution in [3.63, 3.8) is 0 Å². The number of rotatable bonds is 5. The first-order chi connectivity index (χ1) is 8.31. The predicted octanol–water partition coefficient (Wildman–Crippen LogP) is 3.76. The highest BCUT2D eigenvalue weighted by atomic mass is 14.5. The Balaban J connectivity index is 2.13. The van der Waals surface area contributed by atoms with Gasteiger partial charge in [-0.3, -0.25) is 0 Å². The molecular formula is C16H21N. The molecule has 2 rings (SSSR count). The number of benzene rings is 2. The molecule has 2 aromatic rings. The molecule has 0 saturated carbocycles. The minimum atomic E-state index is 0.721. The molecule has 2 N–H and O–H groups in total. The van der Waals surface area contributed by atoms with Crippen molar-refractivity contribution in [3.8, 4) is 0 Å². The Bertz CT molecular complexity index is 470. The van der Waals surface area contributed by atoms with Gasteiger partial charge in [-0.2, -0.15) is 0 Å². The molecule has 0 aliphatic rings.